The van der Waals surface area contributed by atoms with Crippen LogP contribution in [0, 0.1) is 5.82 Å². The Hall–Kier alpha value is 0.160. The third-order valence-electron chi connectivity index (χ3n) is 1.30. The second kappa shape index (κ2) is 3.71. The molecule has 0 aliphatic carbocycles. The molecule has 1 atom stereocenters. The van der Waals surface area contributed by atoms with Gasteiger partial charge in [-0.25, -0.2) is 4.39 Å². The van der Waals surface area contributed by atoms with E-state index >= 15 is 0 Å². The quantitative estimate of drug-likeness (QED) is 0.494. The maximum Gasteiger partial charge on any atom is 0.160 e. The van der Waals surface area contributed by atoms with Gasteiger partial charge < -0.3 is 0 Å². The highest BCUT2D eigenvalue weighted by molar-refractivity contribution is 7.46. The summed E-state index contributed by atoms with van der Waals surface area (Å²) in [5, 5.41) is 1.05. The zero-order valence-electron chi connectivity index (χ0n) is 5.79. The van der Waals surface area contributed by atoms with Crippen LogP contribution < -0.4 is 5.30 Å². The summed E-state index contributed by atoms with van der Waals surface area (Å²) in [5.41, 5.74) is 0. The Morgan fingerprint density at radius 3 is 2.55 bits per heavy atom. The van der Waals surface area contributed by atoms with Gasteiger partial charge in [-0.15, -0.1) is 0 Å². The van der Waals surface area contributed by atoms with Crippen molar-refractivity contribution >= 4 is 37.1 Å². The van der Waals surface area contributed by atoms with Crippen molar-refractivity contribution in [3.05, 3.63) is 28.0 Å². The first-order valence-corrected chi connectivity index (χ1v) is 5.23. The van der Waals surface area contributed by atoms with Crippen LogP contribution in [0.3, 0.4) is 0 Å². The van der Waals surface area contributed by atoms with E-state index in [-0.39, 0.29) is 10.0 Å². The topological polar surface area (TPSA) is 0 Å². The molecule has 0 radical (unpaired) electrons. The number of benzene rings is 1. The third kappa shape index (κ3) is 1.84. The lowest BCUT2D eigenvalue weighted by Crippen LogP contribution is -1.98. The number of halogens is 3. The Morgan fingerprint density at radius 2 is 2.00 bits per heavy atom. The minimum absolute atomic E-state index is 0.0806. The van der Waals surface area contributed by atoms with Gasteiger partial charge in [0.1, 0.15) is 0 Å². The molecule has 0 saturated heterocycles. The Kier molecular flexibility index (Phi) is 3.12. The third-order valence-corrected chi connectivity index (χ3v) is 3.08. The van der Waals surface area contributed by atoms with Gasteiger partial charge in [-0.2, -0.15) is 0 Å². The van der Waals surface area contributed by atoms with E-state index in [1.165, 1.54) is 6.07 Å². The zero-order valence-corrected chi connectivity index (χ0v) is 8.30. The minimum atomic E-state index is -0.514. The molecule has 1 rings (SSSR count). The van der Waals surface area contributed by atoms with Crippen molar-refractivity contribution in [2.24, 2.45) is 0 Å². The highest BCUT2D eigenvalue weighted by atomic mass is 35.5. The normalized spacial score (nSPS) is 11.3. The molecule has 60 valence electrons. The van der Waals surface area contributed by atoms with Gasteiger partial charge in [0.15, 0.2) is 5.82 Å². The molecule has 0 fully saturated rings. The summed E-state index contributed by atoms with van der Waals surface area (Å²) in [4.78, 5) is 0. The average molecular weight is 211 g/mol. The van der Waals surface area contributed by atoms with Crippen LogP contribution in [0.2, 0.25) is 10.0 Å². The summed E-state index contributed by atoms with van der Waals surface area (Å²) >= 11 is 11.1. The van der Waals surface area contributed by atoms with Crippen LogP contribution in [-0.2, 0) is 0 Å². The first kappa shape index (κ1) is 9.25. The maximum atomic E-state index is 12.9. The van der Waals surface area contributed by atoms with Gasteiger partial charge >= 0.3 is 0 Å². The molecule has 0 aliphatic rings. The van der Waals surface area contributed by atoms with Crippen LogP contribution in [0.25, 0.3) is 0 Å². The van der Waals surface area contributed by atoms with Crippen molar-refractivity contribution in [2.45, 2.75) is 0 Å². The van der Waals surface area contributed by atoms with E-state index in [1.54, 1.807) is 6.07 Å². The molecule has 0 N–H and O–H groups in total. The number of hydrogen-bond acceptors (Lipinski definition) is 0. The maximum absolute atomic E-state index is 12.9. The molecular formula is C7H6Cl2FP. The molecule has 0 aliphatic heterocycles. The smallest absolute Gasteiger partial charge is 0.160 e. The second-order valence-electron chi connectivity index (χ2n) is 1.97. The van der Waals surface area contributed by atoms with Crippen LogP contribution in [0.4, 0.5) is 4.39 Å². The van der Waals surface area contributed by atoms with E-state index in [2.05, 4.69) is 0 Å². The van der Waals surface area contributed by atoms with Gasteiger partial charge in [-0.1, -0.05) is 37.8 Å². The van der Waals surface area contributed by atoms with Crippen molar-refractivity contribution in [3.8, 4) is 0 Å². The van der Waals surface area contributed by atoms with Crippen LogP contribution in [-0.4, -0.2) is 6.66 Å². The molecule has 0 saturated carbocycles. The predicted octanol–water partition coefficient (Wildman–Crippen LogP) is 3.07. The van der Waals surface area contributed by atoms with Crippen molar-refractivity contribution in [3.63, 3.8) is 0 Å². The van der Waals surface area contributed by atoms with E-state index in [0.29, 0.717) is 8.58 Å². The molecule has 0 spiro atoms. The van der Waals surface area contributed by atoms with Gasteiger partial charge in [-0.3, -0.25) is 0 Å². The molecule has 4 heteroatoms. The summed E-state index contributed by atoms with van der Waals surface area (Å²) in [5.74, 6) is -0.514. The number of hydrogen-bond donors (Lipinski definition) is 0. The minimum Gasteiger partial charge on any atom is -0.204 e. The van der Waals surface area contributed by atoms with Crippen LogP contribution in [0.5, 0.6) is 0 Å². The highest BCUT2D eigenvalue weighted by Gasteiger charge is 2.07. The summed E-state index contributed by atoms with van der Waals surface area (Å²) in [6.45, 7) is 1.94. The van der Waals surface area contributed by atoms with Gasteiger partial charge in [0.25, 0.3) is 0 Å². The lowest BCUT2D eigenvalue weighted by molar-refractivity contribution is 0.630. The van der Waals surface area contributed by atoms with E-state index < -0.39 is 5.82 Å². The fourth-order valence-electron chi connectivity index (χ4n) is 0.719. The molecule has 11 heavy (non-hydrogen) atoms. The largest absolute Gasteiger partial charge is 0.204 e. The molecule has 0 heterocycles. The molecule has 1 aromatic rings. The van der Waals surface area contributed by atoms with Crippen LogP contribution >= 0.6 is 31.8 Å². The number of rotatable bonds is 1. The monoisotopic (exact) mass is 210 g/mol. The summed E-state index contributed by atoms with van der Waals surface area (Å²) in [7, 11) is 0.491. The van der Waals surface area contributed by atoms with Crippen molar-refractivity contribution in [1.29, 1.82) is 0 Å². The first-order valence-electron chi connectivity index (χ1n) is 2.98. The molecule has 0 nitrogen and oxygen atoms in total. The van der Waals surface area contributed by atoms with Crippen molar-refractivity contribution in [1.82, 2.24) is 0 Å². The standard InChI is InChI=1S/C7H6Cl2FP/c1-11-5-3-2-4(8)7(10)6(5)9/h2-3,11H,1H3. The molecule has 1 unspecified atom stereocenters. The Bertz CT molecular complexity index is 275. The summed E-state index contributed by atoms with van der Waals surface area (Å²) < 4.78 is 12.9. The van der Waals surface area contributed by atoms with E-state index in [9.17, 15) is 4.39 Å². The van der Waals surface area contributed by atoms with Gasteiger partial charge in [0.05, 0.1) is 10.0 Å². The van der Waals surface area contributed by atoms with Gasteiger partial charge in [0.2, 0.25) is 0 Å². The molecule has 0 aromatic heterocycles. The fourth-order valence-corrected chi connectivity index (χ4v) is 1.95. The molecule has 0 amide bonds. The average Bonchev–Trinajstić information content (AvgIpc) is 2.01. The fraction of sp³-hybridized carbons (Fsp3) is 0.143. The van der Waals surface area contributed by atoms with Crippen LogP contribution in [0.1, 0.15) is 0 Å². The van der Waals surface area contributed by atoms with Crippen LogP contribution in [0.15, 0.2) is 12.1 Å². The summed E-state index contributed by atoms with van der Waals surface area (Å²) in [6.07, 6.45) is 0. The van der Waals surface area contributed by atoms with Gasteiger partial charge in [-0.05, 0) is 18.0 Å². The van der Waals surface area contributed by atoms with Crippen molar-refractivity contribution in [2.75, 3.05) is 6.66 Å². The predicted molar refractivity (Wildman–Crippen MR) is 50.3 cm³/mol. The first-order chi connectivity index (χ1) is 5.16. The molecule has 0 bridgehead atoms. The highest BCUT2D eigenvalue weighted by Crippen LogP contribution is 2.24. The van der Waals surface area contributed by atoms with Gasteiger partial charge in [0, 0.05) is 0 Å². The van der Waals surface area contributed by atoms with E-state index in [4.69, 9.17) is 23.2 Å². The van der Waals surface area contributed by atoms with Crippen molar-refractivity contribution < 1.29 is 4.39 Å². The SMILES string of the molecule is CPc1ccc(Cl)c(F)c1Cl. The lowest BCUT2D eigenvalue weighted by Gasteiger charge is -2.02. The molecular weight excluding hydrogens is 205 g/mol. The molecule has 1 aromatic carbocycles. The second-order valence-corrected chi connectivity index (χ2v) is 3.80. The van der Waals surface area contributed by atoms with E-state index in [1.807, 2.05) is 6.66 Å². The Morgan fingerprint density at radius 1 is 1.36 bits per heavy atom. The zero-order chi connectivity index (χ0) is 8.43. The lowest BCUT2D eigenvalue weighted by atomic mass is 10.3. The Balaban J connectivity index is 3.25. The Labute approximate surface area is 76.5 Å². The van der Waals surface area contributed by atoms with E-state index in [0.717, 1.165) is 5.30 Å². The summed E-state index contributed by atoms with van der Waals surface area (Å²) in [6, 6.07) is 3.26.